The summed E-state index contributed by atoms with van der Waals surface area (Å²) < 4.78 is 5.84. The molecule has 1 fully saturated rings. The van der Waals surface area contributed by atoms with Crippen LogP contribution in [0.25, 0.3) is 10.9 Å². The van der Waals surface area contributed by atoms with E-state index in [1.54, 1.807) is 6.20 Å². The summed E-state index contributed by atoms with van der Waals surface area (Å²) in [4.78, 5) is 4.30. The third kappa shape index (κ3) is 2.85. The minimum Gasteiger partial charge on any atom is -0.397 e. The van der Waals surface area contributed by atoms with Gasteiger partial charge in [0.25, 0.3) is 0 Å². The van der Waals surface area contributed by atoms with Crippen LogP contribution in [-0.2, 0) is 4.74 Å². The number of hydrogen-bond acceptors (Lipinski definition) is 4. The highest BCUT2D eigenvalue weighted by Crippen LogP contribution is 2.27. The first-order valence-corrected chi connectivity index (χ1v) is 7.33. The van der Waals surface area contributed by atoms with Gasteiger partial charge in [0.15, 0.2) is 0 Å². The molecule has 3 N–H and O–H groups in total. The van der Waals surface area contributed by atoms with Gasteiger partial charge in [0.05, 0.1) is 29.6 Å². The maximum Gasteiger partial charge on any atom is 0.0724 e. The van der Waals surface area contributed by atoms with Gasteiger partial charge in [-0.3, -0.25) is 4.98 Å². The van der Waals surface area contributed by atoms with Crippen LogP contribution in [0.15, 0.2) is 30.5 Å². The number of benzene rings is 1. The average molecular weight is 271 g/mol. The van der Waals surface area contributed by atoms with Crippen LogP contribution < -0.4 is 11.1 Å². The molecule has 0 atom stereocenters. The Morgan fingerprint density at radius 1 is 1.25 bits per heavy atom. The van der Waals surface area contributed by atoms with Crippen molar-refractivity contribution < 1.29 is 4.74 Å². The highest BCUT2D eigenvalue weighted by molar-refractivity contribution is 5.96. The van der Waals surface area contributed by atoms with E-state index in [2.05, 4.69) is 10.3 Å². The minimum absolute atomic E-state index is 0.468. The third-order valence-corrected chi connectivity index (χ3v) is 3.90. The van der Waals surface area contributed by atoms with Crippen LogP contribution >= 0.6 is 0 Å². The second-order valence-electron chi connectivity index (χ2n) is 5.30. The molecule has 0 amide bonds. The highest BCUT2D eigenvalue weighted by Gasteiger charge is 2.14. The van der Waals surface area contributed by atoms with Crippen LogP contribution in [0.5, 0.6) is 0 Å². The van der Waals surface area contributed by atoms with E-state index in [9.17, 15) is 0 Å². The van der Waals surface area contributed by atoms with Gasteiger partial charge in [-0.05, 0) is 37.1 Å². The van der Waals surface area contributed by atoms with E-state index in [0.717, 1.165) is 35.4 Å². The molecule has 1 aliphatic carbocycles. The van der Waals surface area contributed by atoms with Crippen LogP contribution in [-0.4, -0.2) is 24.2 Å². The number of anilines is 2. The van der Waals surface area contributed by atoms with Crippen molar-refractivity contribution in [2.75, 3.05) is 24.2 Å². The fourth-order valence-electron chi connectivity index (χ4n) is 2.80. The lowest BCUT2D eigenvalue weighted by Crippen LogP contribution is -2.16. The van der Waals surface area contributed by atoms with Gasteiger partial charge in [-0.25, -0.2) is 0 Å². The second-order valence-corrected chi connectivity index (χ2v) is 5.30. The van der Waals surface area contributed by atoms with Gasteiger partial charge in [-0.15, -0.1) is 0 Å². The molecule has 0 spiro atoms. The van der Waals surface area contributed by atoms with Crippen molar-refractivity contribution in [2.24, 2.45) is 0 Å². The summed E-state index contributed by atoms with van der Waals surface area (Å²) >= 11 is 0. The number of nitrogens with two attached hydrogens (primary N) is 1. The van der Waals surface area contributed by atoms with Gasteiger partial charge in [0.2, 0.25) is 0 Å². The Labute approximate surface area is 119 Å². The largest absolute Gasteiger partial charge is 0.397 e. The smallest absolute Gasteiger partial charge is 0.0724 e. The van der Waals surface area contributed by atoms with E-state index >= 15 is 0 Å². The second kappa shape index (κ2) is 6.09. The molecular weight excluding hydrogens is 250 g/mol. The van der Waals surface area contributed by atoms with Gasteiger partial charge < -0.3 is 15.8 Å². The van der Waals surface area contributed by atoms with E-state index in [-0.39, 0.29) is 0 Å². The molecule has 4 nitrogen and oxygen atoms in total. The van der Waals surface area contributed by atoms with Gasteiger partial charge in [-0.2, -0.15) is 0 Å². The fraction of sp³-hybridized carbons (Fsp3) is 0.438. The van der Waals surface area contributed by atoms with E-state index in [4.69, 9.17) is 10.5 Å². The molecule has 0 saturated heterocycles. The standard InChI is InChI=1S/C16H21N3O/c17-16-13-6-3-9-18-14(13)7-8-15(16)19-10-11-20-12-4-1-2-5-12/h3,6-9,12,19H,1-2,4-5,10-11,17H2. The molecule has 106 valence electrons. The molecule has 0 bridgehead atoms. The van der Waals surface area contributed by atoms with Crippen molar-refractivity contribution in [2.45, 2.75) is 31.8 Å². The van der Waals surface area contributed by atoms with E-state index in [0.29, 0.717) is 6.10 Å². The summed E-state index contributed by atoms with van der Waals surface area (Å²) in [7, 11) is 0. The Balaban J connectivity index is 1.58. The maximum atomic E-state index is 6.18. The van der Waals surface area contributed by atoms with Crippen LogP contribution in [0.2, 0.25) is 0 Å². The number of nitrogens with one attached hydrogen (secondary N) is 1. The zero-order chi connectivity index (χ0) is 13.8. The topological polar surface area (TPSA) is 60.2 Å². The predicted octanol–water partition coefficient (Wildman–Crippen LogP) is 3.19. The number of ether oxygens (including phenoxy) is 1. The van der Waals surface area contributed by atoms with Crippen molar-refractivity contribution >= 4 is 22.3 Å². The lowest BCUT2D eigenvalue weighted by atomic mass is 10.1. The zero-order valence-corrected chi connectivity index (χ0v) is 11.6. The summed E-state index contributed by atoms with van der Waals surface area (Å²) in [5.74, 6) is 0. The highest BCUT2D eigenvalue weighted by atomic mass is 16.5. The monoisotopic (exact) mass is 271 g/mol. The molecule has 0 unspecified atom stereocenters. The summed E-state index contributed by atoms with van der Waals surface area (Å²) in [6.07, 6.45) is 7.29. The molecule has 1 aromatic heterocycles. The molecule has 4 heteroatoms. The maximum absolute atomic E-state index is 6.18. The third-order valence-electron chi connectivity index (χ3n) is 3.90. The number of rotatable bonds is 5. The molecule has 2 aromatic rings. The van der Waals surface area contributed by atoms with Crippen LogP contribution in [0.3, 0.4) is 0 Å². The lowest BCUT2D eigenvalue weighted by molar-refractivity contribution is 0.0659. The molecule has 20 heavy (non-hydrogen) atoms. The van der Waals surface area contributed by atoms with Gasteiger partial charge >= 0.3 is 0 Å². The first-order chi connectivity index (χ1) is 9.84. The average Bonchev–Trinajstić information content (AvgIpc) is 2.99. The van der Waals surface area contributed by atoms with Crippen LogP contribution in [0.1, 0.15) is 25.7 Å². The summed E-state index contributed by atoms with van der Waals surface area (Å²) in [6.45, 7) is 1.52. The molecule has 1 saturated carbocycles. The summed E-state index contributed by atoms with van der Waals surface area (Å²) in [5, 5.41) is 4.35. The fourth-order valence-corrected chi connectivity index (χ4v) is 2.80. The quantitative estimate of drug-likeness (QED) is 0.647. The van der Waals surface area contributed by atoms with Crippen molar-refractivity contribution in [3.05, 3.63) is 30.5 Å². The van der Waals surface area contributed by atoms with Crippen molar-refractivity contribution in [3.63, 3.8) is 0 Å². The minimum atomic E-state index is 0.468. The molecule has 1 aliphatic rings. The van der Waals surface area contributed by atoms with Crippen molar-refractivity contribution in [1.82, 2.24) is 4.98 Å². The molecular formula is C16H21N3O. The first kappa shape index (κ1) is 13.2. The number of nitrogens with zero attached hydrogens (tertiary/aromatic N) is 1. The normalized spacial score (nSPS) is 15.8. The van der Waals surface area contributed by atoms with E-state index in [1.807, 2.05) is 24.3 Å². The molecule has 1 aromatic carbocycles. The Kier molecular flexibility index (Phi) is 4.02. The SMILES string of the molecule is Nc1c(NCCOC2CCCC2)ccc2ncccc12. The number of aromatic nitrogens is 1. The number of fused-ring (bicyclic) bond motifs is 1. The Hall–Kier alpha value is -1.81. The van der Waals surface area contributed by atoms with Gasteiger partial charge in [0, 0.05) is 18.1 Å². The van der Waals surface area contributed by atoms with Crippen LogP contribution in [0, 0.1) is 0 Å². The summed E-state index contributed by atoms with van der Waals surface area (Å²) in [5.41, 5.74) is 8.83. The predicted molar refractivity (Wildman–Crippen MR) is 82.9 cm³/mol. The molecule has 3 rings (SSSR count). The van der Waals surface area contributed by atoms with Crippen molar-refractivity contribution in [1.29, 1.82) is 0 Å². The van der Waals surface area contributed by atoms with Crippen molar-refractivity contribution in [3.8, 4) is 0 Å². The molecule has 1 heterocycles. The molecule has 0 radical (unpaired) electrons. The van der Waals surface area contributed by atoms with Crippen LogP contribution in [0.4, 0.5) is 11.4 Å². The summed E-state index contributed by atoms with van der Waals surface area (Å²) in [6, 6.07) is 7.88. The lowest BCUT2D eigenvalue weighted by Gasteiger charge is -2.14. The Bertz CT molecular complexity index is 579. The Morgan fingerprint density at radius 2 is 2.10 bits per heavy atom. The number of nitrogen functional groups attached to an aromatic ring is 1. The van der Waals surface area contributed by atoms with E-state index < -0.39 is 0 Å². The first-order valence-electron chi connectivity index (χ1n) is 7.33. The number of pyridine rings is 1. The van der Waals surface area contributed by atoms with E-state index in [1.165, 1.54) is 25.7 Å². The van der Waals surface area contributed by atoms with Gasteiger partial charge in [0.1, 0.15) is 0 Å². The van der Waals surface area contributed by atoms with Gasteiger partial charge in [-0.1, -0.05) is 12.8 Å². The zero-order valence-electron chi connectivity index (χ0n) is 11.6. The molecule has 0 aliphatic heterocycles. The number of hydrogen-bond donors (Lipinski definition) is 2. The Morgan fingerprint density at radius 3 is 2.95 bits per heavy atom.